The van der Waals surface area contributed by atoms with Crippen LogP contribution in [0, 0.1) is 17.3 Å². The Morgan fingerprint density at radius 1 is 0.970 bits per heavy atom. The molecule has 0 radical (unpaired) electrons. The second-order valence-corrected chi connectivity index (χ2v) is 10.5. The zero-order chi connectivity index (χ0) is 25.7. The lowest BCUT2D eigenvalue weighted by Crippen LogP contribution is -2.49. The van der Waals surface area contributed by atoms with Crippen molar-refractivity contribution in [3.63, 3.8) is 0 Å². The summed E-state index contributed by atoms with van der Waals surface area (Å²) in [5, 5.41) is 19.1. The van der Waals surface area contributed by atoms with Gasteiger partial charge in [0.05, 0.1) is 25.0 Å². The van der Waals surface area contributed by atoms with Gasteiger partial charge in [0.15, 0.2) is 0 Å². The predicted octanol–water partition coefficient (Wildman–Crippen LogP) is 2.75. The number of amides is 3. The van der Waals surface area contributed by atoms with Crippen LogP contribution in [0.4, 0.5) is 9.59 Å². The fourth-order valence-electron chi connectivity index (χ4n) is 4.13. The maximum atomic E-state index is 12.2. The summed E-state index contributed by atoms with van der Waals surface area (Å²) < 4.78 is 5.37. The van der Waals surface area contributed by atoms with Gasteiger partial charge in [0.25, 0.3) is 5.91 Å². The molecule has 2 N–H and O–H groups in total. The van der Waals surface area contributed by atoms with Gasteiger partial charge in [-0.05, 0) is 39.0 Å². The molecule has 11 nitrogen and oxygen atoms in total. The molecule has 0 aromatic carbocycles. The third-order valence-electron chi connectivity index (χ3n) is 5.62. The first-order valence-electron chi connectivity index (χ1n) is 11.0. The number of rotatable bonds is 3. The van der Waals surface area contributed by atoms with Crippen LogP contribution in [-0.4, -0.2) is 94.6 Å². The van der Waals surface area contributed by atoms with Crippen LogP contribution in [-0.2, 0) is 19.2 Å². The lowest BCUT2D eigenvalue weighted by Gasteiger charge is -2.37. The number of nitrogens with zero attached hydrogens (tertiary/aromatic N) is 3. The Morgan fingerprint density at radius 2 is 1.55 bits per heavy atom. The molecule has 0 aromatic rings. The average Bonchev–Trinajstić information content (AvgIpc) is 3.33. The van der Waals surface area contributed by atoms with Crippen molar-refractivity contribution in [3.05, 3.63) is 0 Å². The van der Waals surface area contributed by atoms with Gasteiger partial charge in [-0.3, -0.25) is 14.4 Å². The Hall–Kier alpha value is -2.56. The molecule has 3 unspecified atom stereocenters. The Kier molecular flexibility index (Phi) is 9.53. The van der Waals surface area contributed by atoms with Crippen LogP contribution in [0.2, 0.25) is 0 Å². The molecule has 190 valence electrons. The highest BCUT2D eigenvalue weighted by molar-refractivity contribution is 5.79. The van der Waals surface area contributed by atoms with Crippen molar-refractivity contribution in [2.24, 2.45) is 17.3 Å². The molecule has 3 atom stereocenters. The number of likely N-dealkylation sites (tertiary alicyclic amines) is 2. The molecule has 33 heavy (non-hydrogen) atoms. The standard InChI is InChI=1S/C14H25NO4.C8H14N2O4/c1-13(2,3)10-9(11(16)17)7-8-15(10)12(18)19-14(4,5)6;1-9(14-2)7(11)6-3-4-10(5-6)8(12)13/h9-10H,7-8H2,1-6H3,(H,16,17);6H,3-5H2,1-2H3,(H,12,13). The first-order chi connectivity index (χ1) is 15.0. The van der Waals surface area contributed by atoms with E-state index in [9.17, 15) is 24.3 Å². The third kappa shape index (κ3) is 8.06. The second-order valence-electron chi connectivity index (χ2n) is 10.5. The van der Waals surface area contributed by atoms with Crippen LogP contribution in [0.5, 0.6) is 0 Å². The van der Waals surface area contributed by atoms with Gasteiger partial charge >= 0.3 is 18.2 Å². The quantitative estimate of drug-likeness (QED) is 0.597. The van der Waals surface area contributed by atoms with Crippen molar-refractivity contribution in [1.29, 1.82) is 0 Å². The van der Waals surface area contributed by atoms with E-state index in [1.54, 1.807) is 4.90 Å². The van der Waals surface area contributed by atoms with E-state index < -0.39 is 29.7 Å². The van der Waals surface area contributed by atoms with Crippen molar-refractivity contribution >= 4 is 24.1 Å². The molecule has 0 aliphatic carbocycles. The zero-order valence-corrected chi connectivity index (χ0v) is 21.0. The van der Waals surface area contributed by atoms with Gasteiger partial charge in [-0.1, -0.05) is 20.8 Å². The van der Waals surface area contributed by atoms with E-state index in [0.29, 0.717) is 25.9 Å². The highest BCUT2D eigenvalue weighted by atomic mass is 16.7. The topological polar surface area (TPSA) is 137 Å². The number of hydrogen-bond donors (Lipinski definition) is 2. The number of carbonyl (C=O) groups is 4. The Labute approximate surface area is 195 Å². The monoisotopic (exact) mass is 473 g/mol. The van der Waals surface area contributed by atoms with Crippen LogP contribution in [0.15, 0.2) is 0 Å². The molecular weight excluding hydrogens is 434 g/mol. The Bertz CT molecular complexity index is 728. The van der Waals surface area contributed by atoms with Crippen molar-refractivity contribution < 1.29 is 39.0 Å². The van der Waals surface area contributed by atoms with Gasteiger partial charge in [-0.15, -0.1) is 0 Å². The highest BCUT2D eigenvalue weighted by Crippen LogP contribution is 2.38. The molecule has 2 saturated heterocycles. The number of carboxylic acids is 1. The fraction of sp³-hybridized carbons (Fsp3) is 0.818. The van der Waals surface area contributed by atoms with Gasteiger partial charge in [0.2, 0.25) is 0 Å². The Balaban J connectivity index is 0.000000346. The summed E-state index contributed by atoms with van der Waals surface area (Å²) in [6.45, 7) is 12.4. The summed E-state index contributed by atoms with van der Waals surface area (Å²) in [6.07, 6.45) is -0.341. The zero-order valence-electron chi connectivity index (χ0n) is 21.0. The number of carboxylic acid groups (broad SMARTS) is 2. The minimum atomic E-state index is -0.972. The molecule has 2 rings (SSSR count). The van der Waals surface area contributed by atoms with Crippen LogP contribution in [0.1, 0.15) is 54.4 Å². The van der Waals surface area contributed by atoms with E-state index >= 15 is 0 Å². The molecule has 0 spiro atoms. The summed E-state index contributed by atoms with van der Waals surface area (Å²) in [4.78, 5) is 53.2. The summed E-state index contributed by atoms with van der Waals surface area (Å²) in [6, 6.07) is -0.333. The molecule has 2 aliphatic rings. The maximum Gasteiger partial charge on any atom is 0.410 e. The molecule has 2 fully saturated rings. The van der Waals surface area contributed by atoms with Gasteiger partial charge < -0.3 is 24.7 Å². The normalized spacial score (nSPS) is 23.0. The van der Waals surface area contributed by atoms with Crippen LogP contribution < -0.4 is 0 Å². The van der Waals surface area contributed by atoms with E-state index in [4.69, 9.17) is 14.7 Å². The van der Waals surface area contributed by atoms with Gasteiger partial charge in [0.1, 0.15) is 5.60 Å². The first kappa shape index (κ1) is 28.5. The third-order valence-corrected chi connectivity index (χ3v) is 5.62. The van der Waals surface area contributed by atoms with Crippen LogP contribution in [0.25, 0.3) is 0 Å². The summed E-state index contributed by atoms with van der Waals surface area (Å²) >= 11 is 0. The van der Waals surface area contributed by atoms with E-state index in [1.165, 1.54) is 19.1 Å². The lowest BCUT2D eigenvalue weighted by molar-refractivity contribution is -0.172. The second kappa shape index (κ2) is 11.0. The highest BCUT2D eigenvalue weighted by Gasteiger charge is 2.48. The average molecular weight is 474 g/mol. The molecule has 2 aliphatic heterocycles. The molecule has 3 amide bonds. The lowest BCUT2D eigenvalue weighted by atomic mass is 9.79. The smallest absolute Gasteiger partial charge is 0.410 e. The van der Waals surface area contributed by atoms with Crippen LogP contribution >= 0.6 is 0 Å². The summed E-state index contributed by atoms with van der Waals surface area (Å²) in [5.41, 5.74) is -0.864. The Morgan fingerprint density at radius 3 is 1.94 bits per heavy atom. The van der Waals surface area contributed by atoms with E-state index in [2.05, 4.69) is 0 Å². The number of aliphatic carboxylic acids is 1. The van der Waals surface area contributed by atoms with E-state index in [0.717, 1.165) is 5.06 Å². The fourth-order valence-corrected chi connectivity index (χ4v) is 4.13. The summed E-state index contributed by atoms with van der Waals surface area (Å²) in [7, 11) is 2.92. The SMILES string of the molecule is CC(C)(C)OC(=O)N1CCC(C(=O)O)C1C(C)(C)C.CON(C)C(=O)C1CCN(C(=O)O)C1. The predicted molar refractivity (Wildman–Crippen MR) is 119 cm³/mol. The van der Waals surface area contributed by atoms with Gasteiger partial charge in [-0.2, -0.15) is 0 Å². The minimum Gasteiger partial charge on any atom is -0.481 e. The van der Waals surface area contributed by atoms with Crippen molar-refractivity contribution in [2.45, 2.75) is 66.0 Å². The largest absolute Gasteiger partial charge is 0.481 e. The minimum absolute atomic E-state index is 0.170. The molecule has 11 heteroatoms. The number of ether oxygens (including phenoxy) is 1. The van der Waals surface area contributed by atoms with Crippen molar-refractivity contribution in [2.75, 3.05) is 33.8 Å². The van der Waals surface area contributed by atoms with Crippen LogP contribution in [0.3, 0.4) is 0 Å². The molecule has 2 heterocycles. The first-order valence-corrected chi connectivity index (χ1v) is 11.0. The number of hydroxylamine groups is 2. The van der Waals surface area contributed by atoms with Crippen molar-refractivity contribution in [3.8, 4) is 0 Å². The van der Waals surface area contributed by atoms with Gasteiger partial charge in [0, 0.05) is 26.7 Å². The maximum absolute atomic E-state index is 12.2. The summed E-state index contributed by atoms with van der Waals surface area (Å²) in [5.74, 6) is -1.80. The molecule has 0 aromatic heterocycles. The molecule has 0 bridgehead atoms. The molecular formula is C22H39N3O8. The van der Waals surface area contributed by atoms with Crippen molar-refractivity contribution in [1.82, 2.24) is 14.9 Å². The number of hydrogen-bond acceptors (Lipinski definition) is 6. The van der Waals surface area contributed by atoms with E-state index in [1.807, 2.05) is 41.5 Å². The number of carbonyl (C=O) groups excluding carboxylic acids is 2. The molecule has 0 saturated carbocycles. The van der Waals surface area contributed by atoms with Gasteiger partial charge in [-0.25, -0.2) is 14.7 Å². The van der Waals surface area contributed by atoms with E-state index in [-0.39, 0.29) is 29.8 Å².